The Labute approximate surface area is 209 Å². The van der Waals surface area contributed by atoms with Crippen molar-refractivity contribution in [1.29, 1.82) is 0 Å². The van der Waals surface area contributed by atoms with Crippen LogP contribution < -0.4 is 0 Å². The second kappa shape index (κ2) is 9.61. The van der Waals surface area contributed by atoms with Crippen LogP contribution in [0.2, 0.25) is 0 Å². The van der Waals surface area contributed by atoms with E-state index in [1.165, 1.54) is 27.6 Å². The molecule has 1 spiro atoms. The summed E-state index contributed by atoms with van der Waals surface area (Å²) in [6.45, 7) is 3.48. The Kier molecular flexibility index (Phi) is 6.19. The fourth-order valence-electron chi connectivity index (χ4n) is 5.53. The summed E-state index contributed by atoms with van der Waals surface area (Å²) in [4.78, 5) is 15.6. The van der Waals surface area contributed by atoms with Gasteiger partial charge in [-0.05, 0) is 39.6 Å². The Hall–Kier alpha value is -2.93. The van der Waals surface area contributed by atoms with Crippen molar-refractivity contribution in [3.8, 4) is 0 Å². The highest BCUT2D eigenvalue weighted by molar-refractivity contribution is 7.08. The van der Waals surface area contributed by atoms with Crippen LogP contribution >= 0.6 is 11.3 Å². The van der Waals surface area contributed by atoms with Crippen molar-refractivity contribution in [2.75, 3.05) is 26.3 Å². The molecule has 5 nitrogen and oxygen atoms in total. The number of nitrogens with zero attached hydrogens (tertiary/aromatic N) is 2. The normalized spacial score (nSPS) is 18.3. The van der Waals surface area contributed by atoms with Gasteiger partial charge < -0.3 is 18.9 Å². The van der Waals surface area contributed by atoms with Crippen molar-refractivity contribution >= 4 is 28.1 Å². The minimum absolute atomic E-state index is 0.0190. The summed E-state index contributed by atoms with van der Waals surface area (Å²) >= 11 is 1.69. The molecule has 2 aliphatic rings. The zero-order chi connectivity index (χ0) is 23.7. The maximum absolute atomic E-state index is 13.6. The van der Waals surface area contributed by atoms with Crippen LogP contribution in [-0.4, -0.2) is 47.5 Å². The fourth-order valence-corrected chi connectivity index (χ4v) is 6.24. The van der Waals surface area contributed by atoms with Crippen molar-refractivity contribution < 1.29 is 14.3 Å². The van der Waals surface area contributed by atoms with E-state index >= 15 is 0 Å². The first-order valence-corrected chi connectivity index (χ1v) is 13.3. The Balaban J connectivity index is 1.29. The van der Waals surface area contributed by atoms with Gasteiger partial charge in [-0.2, -0.15) is 11.3 Å². The predicted octanol–water partition coefficient (Wildman–Crippen LogP) is 5.64. The lowest BCUT2D eigenvalue weighted by atomic mass is 9.89. The summed E-state index contributed by atoms with van der Waals surface area (Å²) in [6.07, 6.45) is 4.22. The molecule has 2 aliphatic heterocycles. The molecule has 1 unspecified atom stereocenters. The van der Waals surface area contributed by atoms with Gasteiger partial charge in [0.25, 0.3) is 0 Å². The summed E-state index contributed by atoms with van der Waals surface area (Å²) in [7, 11) is 0. The highest BCUT2D eigenvalue weighted by Crippen LogP contribution is 2.37. The fraction of sp³-hybridized carbons (Fsp3) is 0.345. The van der Waals surface area contributed by atoms with Gasteiger partial charge in [0, 0.05) is 61.9 Å². The van der Waals surface area contributed by atoms with E-state index in [-0.39, 0.29) is 11.8 Å². The Bertz CT molecular complexity index is 1280. The number of ether oxygens (including phenoxy) is 2. The number of fused-ring (bicyclic) bond motifs is 1. The van der Waals surface area contributed by atoms with Crippen LogP contribution in [0.15, 0.2) is 77.6 Å². The molecule has 0 saturated carbocycles. The van der Waals surface area contributed by atoms with E-state index in [1.54, 1.807) is 11.3 Å². The van der Waals surface area contributed by atoms with Gasteiger partial charge in [0.15, 0.2) is 5.79 Å². The van der Waals surface area contributed by atoms with E-state index in [9.17, 15) is 4.79 Å². The Morgan fingerprint density at radius 2 is 1.71 bits per heavy atom. The van der Waals surface area contributed by atoms with Crippen LogP contribution in [-0.2, 0) is 20.8 Å². The number of hydrogen-bond donors (Lipinski definition) is 0. The maximum atomic E-state index is 13.6. The molecule has 1 atom stereocenters. The second-order valence-corrected chi connectivity index (χ2v) is 10.3. The lowest BCUT2D eigenvalue weighted by Crippen LogP contribution is -2.47. The molecule has 2 fully saturated rings. The third kappa shape index (κ3) is 4.54. The van der Waals surface area contributed by atoms with Crippen molar-refractivity contribution in [1.82, 2.24) is 9.47 Å². The van der Waals surface area contributed by atoms with E-state index < -0.39 is 5.79 Å². The van der Waals surface area contributed by atoms with Crippen LogP contribution in [0.5, 0.6) is 0 Å². The van der Waals surface area contributed by atoms with Crippen molar-refractivity contribution in [2.45, 2.75) is 37.5 Å². The van der Waals surface area contributed by atoms with E-state index in [0.717, 1.165) is 19.4 Å². The number of hydrogen-bond acceptors (Lipinski definition) is 4. The average Bonchev–Trinajstić information content (AvgIpc) is 3.66. The first-order chi connectivity index (χ1) is 17.2. The molecule has 0 bridgehead atoms. The molecular formula is C29H30N2O3S. The van der Waals surface area contributed by atoms with Gasteiger partial charge in [-0.15, -0.1) is 0 Å². The number of thiophene rings is 1. The van der Waals surface area contributed by atoms with Gasteiger partial charge in [-0.25, -0.2) is 0 Å². The maximum Gasteiger partial charge on any atom is 0.223 e. The topological polar surface area (TPSA) is 43.7 Å². The Morgan fingerprint density at radius 1 is 0.971 bits per heavy atom. The van der Waals surface area contributed by atoms with Crippen LogP contribution in [0.3, 0.4) is 0 Å². The lowest BCUT2D eigenvalue weighted by molar-refractivity contribution is -0.187. The standard InChI is InChI=1S/C29H30N2O3S/c32-28(30-13-11-29(12-14-30)33-15-16-34-29)18-25(23-10-17-35-21-23)26-20-31(19-22-6-2-1-3-7-22)27-9-5-4-8-24(26)27/h1-10,17,20-21,25H,11-16,18-19H2. The molecule has 2 aromatic heterocycles. The molecule has 6 heteroatoms. The number of likely N-dealkylation sites (tertiary alicyclic amines) is 1. The number of carbonyl (C=O) groups excluding carboxylic acids is 1. The number of amides is 1. The molecule has 2 saturated heterocycles. The predicted molar refractivity (Wildman–Crippen MR) is 139 cm³/mol. The quantitative estimate of drug-likeness (QED) is 0.354. The summed E-state index contributed by atoms with van der Waals surface area (Å²) < 4.78 is 14.0. The van der Waals surface area contributed by atoms with Gasteiger partial charge in [0.2, 0.25) is 5.91 Å². The third-order valence-electron chi connectivity index (χ3n) is 7.41. The molecule has 4 aromatic rings. The van der Waals surface area contributed by atoms with Crippen molar-refractivity contribution in [3.63, 3.8) is 0 Å². The van der Waals surface area contributed by atoms with Crippen LogP contribution in [0.1, 0.15) is 41.9 Å². The zero-order valence-electron chi connectivity index (χ0n) is 19.8. The molecule has 0 radical (unpaired) electrons. The van der Waals surface area contributed by atoms with Crippen LogP contribution in [0.4, 0.5) is 0 Å². The molecule has 180 valence electrons. The molecule has 4 heterocycles. The summed E-state index contributed by atoms with van der Waals surface area (Å²) in [5.74, 6) is -0.242. The molecule has 35 heavy (non-hydrogen) atoms. The van der Waals surface area contributed by atoms with Crippen LogP contribution in [0, 0.1) is 0 Å². The van der Waals surface area contributed by atoms with E-state index in [2.05, 4.69) is 76.1 Å². The van der Waals surface area contributed by atoms with Crippen LogP contribution in [0.25, 0.3) is 10.9 Å². The number of benzene rings is 2. The van der Waals surface area contributed by atoms with Crippen molar-refractivity contribution in [2.24, 2.45) is 0 Å². The van der Waals surface area contributed by atoms with E-state index in [0.29, 0.717) is 32.7 Å². The second-order valence-electron chi connectivity index (χ2n) is 9.52. The van der Waals surface area contributed by atoms with Gasteiger partial charge >= 0.3 is 0 Å². The lowest BCUT2D eigenvalue weighted by Gasteiger charge is -2.38. The highest BCUT2D eigenvalue weighted by Gasteiger charge is 2.41. The summed E-state index contributed by atoms with van der Waals surface area (Å²) in [6, 6.07) is 21.3. The first kappa shape index (κ1) is 22.5. The largest absolute Gasteiger partial charge is 0.347 e. The molecule has 0 aliphatic carbocycles. The molecule has 2 aromatic carbocycles. The van der Waals surface area contributed by atoms with Gasteiger partial charge in [0.1, 0.15) is 0 Å². The van der Waals surface area contributed by atoms with Gasteiger partial charge in [0.05, 0.1) is 13.2 Å². The highest BCUT2D eigenvalue weighted by atomic mass is 32.1. The van der Waals surface area contributed by atoms with Crippen molar-refractivity contribution in [3.05, 3.63) is 94.3 Å². The molecular weight excluding hydrogens is 456 g/mol. The molecule has 0 N–H and O–H groups in total. The monoisotopic (exact) mass is 486 g/mol. The summed E-state index contributed by atoms with van der Waals surface area (Å²) in [5.41, 5.74) is 4.90. The summed E-state index contributed by atoms with van der Waals surface area (Å²) in [5, 5.41) is 5.51. The number of rotatable bonds is 6. The number of aromatic nitrogens is 1. The number of piperidine rings is 1. The SMILES string of the molecule is O=C(CC(c1ccsc1)c1cn(Cc2ccccc2)c2ccccc12)N1CCC2(CC1)OCCO2. The average molecular weight is 487 g/mol. The first-order valence-electron chi connectivity index (χ1n) is 12.4. The molecule has 6 rings (SSSR count). The minimum atomic E-state index is -0.464. The van der Waals surface area contributed by atoms with E-state index in [1.807, 2.05) is 11.0 Å². The number of para-hydroxylation sites is 1. The third-order valence-corrected chi connectivity index (χ3v) is 8.11. The smallest absolute Gasteiger partial charge is 0.223 e. The molecule has 1 amide bonds. The Morgan fingerprint density at radius 3 is 2.46 bits per heavy atom. The van der Waals surface area contributed by atoms with E-state index in [4.69, 9.17) is 9.47 Å². The van der Waals surface area contributed by atoms with Gasteiger partial charge in [-0.1, -0.05) is 48.5 Å². The minimum Gasteiger partial charge on any atom is -0.347 e. The van der Waals surface area contributed by atoms with Gasteiger partial charge in [-0.3, -0.25) is 4.79 Å². The zero-order valence-corrected chi connectivity index (χ0v) is 20.6. The number of carbonyl (C=O) groups is 1.